The molecule has 8 nitrogen and oxygen atoms in total. The van der Waals surface area contributed by atoms with Crippen LogP contribution in [0, 0.1) is 17.0 Å². The van der Waals surface area contributed by atoms with E-state index in [9.17, 15) is 19.7 Å². The Morgan fingerprint density at radius 3 is 2.76 bits per heavy atom. The highest BCUT2D eigenvalue weighted by Gasteiger charge is 2.24. The Labute approximate surface area is 120 Å². The average molecular weight is 293 g/mol. The first-order valence-corrected chi connectivity index (χ1v) is 6.44. The molecule has 0 atom stereocenters. The molecule has 0 bridgehead atoms. The molecule has 0 aliphatic heterocycles. The number of carbonyl (C=O) groups is 2. The number of rotatable bonds is 5. The molecule has 0 radical (unpaired) electrons. The topological polar surface area (TPSA) is 111 Å². The number of nitrogens with zero attached hydrogens (tertiary/aromatic N) is 1. The molecule has 1 saturated carbocycles. The second-order valence-corrected chi connectivity index (χ2v) is 4.81. The van der Waals surface area contributed by atoms with Crippen molar-refractivity contribution in [3.63, 3.8) is 0 Å². The van der Waals surface area contributed by atoms with Gasteiger partial charge in [-0.1, -0.05) is 6.07 Å². The van der Waals surface area contributed by atoms with Gasteiger partial charge < -0.3 is 10.1 Å². The van der Waals surface area contributed by atoms with Crippen LogP contribution in [0.15, 0.2) is 18.2 Å². The van der Waals surface area contributed by atoms with Gasteiger partial charge in [-0.25, -0.2) is 4.79 Å². The van der Waals surface area contributed by atoms with E-state index in [0.29, 0.717) is 5.56 Å². The highest BCUT2D eigenvalue weighted by Crippen LogP contribution is 2.27. The van der Waals surface area contributed by atoms with Crippen LogP contribution in [0.5, 0.6) is 5.75 Å². The summed E-state index contributed by atoms with van der Waals surface area (Å²) in [6.45, 7) is 1.24. The van der Waals surface area contributed by atoms with Crippen molar-refractivity contribution in [2.75, 3.05) is 6.61 Å². The van der Waals surface area contributed by atoms with Gasteiger partial charge in [0.15, 0.2) is 12.4 Å². The summed E-state index contributed by atoms with van der Waals surface area (Å²) in [5.41, 5.74) is 0.493. The van der Waals surface area contributed by atoms with Crippen LogP contribution in [0.4, 0.5) is 10.5 Å². The third-order valence-electron chi connectivity index (χ3n) is 2.84. The number of nitro benzene ring substituents is 1. The van der Waals surface area contributed by atoms with Crippen LogP contribution in [0.3, 0.4) is 0 Å². The van der Waals surface area contributed by atoms with Gasteiger partial charge in [0.1, 0.15) is 0 Å². The van der Waals surface area contributed by atoms with Crippen molar-refractivity contribution in [3.05, 3.63) is 33.9 Å². The van der Waals surface area contributed by atoms with Gasteiger partial charge in [0.25, 0.3) is 5.91 Å². The highest BCUT2D eigenvalue weighted by molar-refractivity contribution is 5.95. The lowest BCUT2D eigenvalue weighted by atomic mass is 10.2. The fourth-order valence-corrected chi connectivity index (χ4v) is 1.65. The van der Waals surface area contributed by atoms with Crippen LogP contribution in [0.1, 0.15) is 18.4 Å². The molecule has 1 aromatic carbocycles. The Kier molecular flexibility index (Phi) is 4.36. The predicted molar refractivity (Wildman–Crippen MR) is 73.0 cm³/mol. The number of ether oxygens (including phenoxy) is 1. The largest absolute Gasteiger partial charge is 0.477 e. The van der Waals surface area contributed by atoms with Gasteiger partial charge in [-0.05, 0) is 31.4 Å². The van der Waals surface area contributed by atoms with Crippen LogP contribution < -0.4 is 15.4 Å². The number of aryl methyl sites for hydroxylation is 1. The molecular weight excluding hydrogens is 278 g/mol. The summed E-state index contributed by atoms with van der Waals surface area (Å²) in [7, 11) is 0. The smallest absolute Gasteiger partial charge is 0.321 e. The molecule has 1 aliphatic carbocycles. The number of benzene rings is 1. The van der Waals surface area contributed by atoms with Crippen LogP contribution in [0.25, 0.3) is 0 Å². The maximum atomic E-state index is 11.5. The fraction of sp³-hybridized carbons (Fsp3) is 0.385. The molecule has 0 aromatic heterocycles. The molecule has 1 aliphatic rings. The number of carbonyl (C=O) groups excluding carboxylic acids is 2. The molecular formula is C13H15N3O5. The van der Waals surface area contributed by atoms with E-state index in [4.69, 9.17) is 4.74 Å². The normalized spacial score (nSPS) is 13.4. The second-order valence-electron chi connectivity index (χ2n) is 4.81. The molecule has 0 heterocycles. The summed E-state index contributed by atoms with van der Waals surface area (Å²) in [6, 6.07) is 3.97. The third kappa shape index (κ3) is 4.44. The fourth-order valence-electron chi connectivity index (χ4n) is 1.65. The molecule has 2 rings (SSSR count). The monoisotopic (exact) mass is 293 g/mol. The zero-order chi connectivity index (χ0) is 15.4. The SMILES string of the molecule is Cc1ccc(OCC(=O)NC(=O)NC2CC2)c([N+](=O)[O-])c1. The summed E-state index contributed by atoms with van der Waals surface area (Å²) in [6.07, 6.45) is 1.82. The van der Waals surface area contributed by atoms with Crippen LogP contribution in [-0.4, -0.2) is 29.5 Å². The number of imide groups is 1. The predicted octanol–water partition coefficient (Wildman–Crippen LogP) is 1.27. The third-order valence-corrected chi connectivity index (χ3v) is 2.84. The van der Waals surface area contributed by atoms with Crippen molar-refractivity contribution < 1.29 is 19.2 Å². The number of urea groups is 1. The van der Waals surface area contributed by atoms with E-state index < -0.39 is 23.5 Å². The Morgan fingerprint density at radius 1 is 1.43 bits per heavy atom. The van der Waals surface area contributed by atoms with Gasteiger partial charge in [-0.3, -0.25) is 20.2 Å². The minimum absolute atomic E-state index is 0.0108. The van der Waals surface area contributed by atoms with E-state index in [1.165, 1.54) is 12.1 Å². The van der Waals surface area contributed by atoms with Crippen molar-refractivity contribution in [3.8, 4) is 5.75 Å². The summed E-state index contributed by atoms with van der Waals surface area (Å²) in [4.78, 5) is 33.1. The van der Waals surface area contributed by atoms with Crippen molar-refractivity contribution in [1.82, 2.24) is 10.6 Å². The molecule has 21 heavy (non-hydrogen) atoms. The summed E-state index contributed by atoms with van der Waals surface area (Å²) < 4.78 is 5.10. The van der Waals surface area contributed by atoms with Gasteiger partial charge in [-0.2, -0.15) is 0 Å². The summed E-state index contributed by atoms with van der Waals surface area (Å²) in [5.74, 6) is -0.675. The lowest BCUT2D eigenvalue weighted by molar-refractivity contribution is -0.385. The van der Waals surface area contributed by atoms with Gasteiger partial charge >= 0.3 is 11.7 Å². The van der Waals surface area contributed by atoms with E-state index in [-0.39, 0.29) is 17.5 Å². The standard InChI is InChI=1S/C13H15N3O5/c1-8-2-5-11(10(6-8)16(19)20)21-7-12(17)15-13(18)14-9-3-4-9/h2,5-6,9H,3-4,7H2,1H3,(H2,14,15,17,18). The van der Waals surface area contributed by atoms with Crippen molar-refractivity contribution in [2.45, 2.75) is 25.8 Å². The van der Waals surface area contributed by atoms with Gasteiger partial charge in [0, 0.05) is 12.1 Å². The van der Waals surface area contributed by atoms with Gasteiger partial charge in [0.2, 0.25) is 0 Å². The quantitative estimate of drug-likeness (QED) is 0.627. The Morgan fingerprint density at radius 2 is 2.14 bits per heavy atom. The molecule has 3 amide bonds. The van der Waals surface area contributed by atoms with Crippen LogP contribution in [-0.2, 0) is 4.79 Å². The average Bonchev–Trinajstić information content (AvgIpc) is 3.20. The molecule has 1 aromatic rings. The van der Waals surface area contributed by atoms with E-state index in [2.05, 4.69) is 10.6 Å². The minimum Gasteiger partial charge on any atom is -0.477 e. The number of nitro groups is 1. The lowest BCUT2D eigenvalue weighted by Gasteiger charge is -2.08. The molecule has 8 heteroatoms. The highest BCUT2D eigenvalue weighted by atomic mass is 16.6. The maximum absolute atomic E-state index is 11.5. The number of amides is 3. The first kappa shape index (κ1) is 14.8. The molecule has 0 saturated heterocycles. The molecule has 0 unspecified atom stereocenters. The molecule has 1 fully saturated rings. The molecule has 2 N–H and O–H groups in total. The van der Waals surface area contributed by atoms with E-state index >= 15 is 0 Å². The van der Waals surface area contributed by atoms with Crippen molar-refractivity contribution in [2.24, 2.45) is 0 Å². The van der Waals surface area contributed by atoms with Gasteiger partial charge in [0.05, 0.1) is 4.92 Å². The Bertz CT molecular complexity index is 583. The van der Waals surface area contributed by atoms with Crippen molar-refractivity contribution in [1.29, 1.82) is 0 Å². The number of hydrogen-bond acceptors (Lipinski definition) is 5. The van der Waals surface area contributed by atoms with E-state index in [1.54, 1.807) is 13.0 Å². The first-order chi connectivity index (χ1) is 9.95. The van der Waals surface area contributed by atoms with E-state index in [1.807, 2.05) is 0 Å². The minimum atomic E-state index is -0.664. The zero-order valence-corrected chi connectivity index (χ0v) is 11.4. The zero-order valence-electron chi connectivity index (χ0n) is 11.4. The summed E-state index contributed by atoms with van der Waals surface area (Å²) >= 11 is 0. The van der Waals surface area contributed by atoms with Crippen LogP contribution >= 0.6 is 0 Å². The van der Waals surface area contributed by atoms with Crippen molar-refractivity contribution >= 4 is 17.6 Å². The van der Waals surface area contributed by atoms with Crippen LogP contribution in [0.2, 0.25) is 0 Å². The summed E-state index contributed by atoms with van der Waals surface area (Å²) in [5, 5.41) is 15.6. The Hall–Kier alpha value is -2.64. The lowest BCUT2D eigenvalue weighted by Crippen LogP contribution is -2.42. The van der Waals surface area contributed by atoms with Gasteiger partial charge in [-0.15, -0.1) is 0 Å². The Balaban J connectivity index is 1.88. The number of nitrogens with one attached hydrogen (secondary N) is 2. The first-order valence-electron chi connectivity index (χ1n) is 6.44. The second kappa shape index (κ2) is 6.21. The maximum Gasteiger partial charge on any atom is 0.321 e. The van der Waals surface area contributed by atoms with E-state index in [0.717, 1.165) is 12.8 Å². The number of hydrogen-bond donors (Lipinski definition) is 2. The molecule has 112 valence electrons. The molecule has 0 spiro atoms.